The summed E-state index contributed by atoms with van der Waals surface area (Å²) in [4.78, 5) is 15.0. The maximum Gasteiger partial charge on any atom is 0.258 e. The van der Waals surface area contributed by atoms with Crippen LogP contribution >= 0.6 is 39.1 Å². The van der Waals surface area contributed by atoms with Gasteiger partial charge in [0.25, 0.3) is 5.91 Å². The van der Waals surface area contributed by atoms with E-state index in [4.69, 9.17) is 32.7 Å². The Morgan fingerprint density at radius 1 is 1.03 bits per heavy atom. The van der Waals surface area contributed by atoms with Gasteiger partial charge in [0.05, 0.1) is 16.8 Å². The minimum absolute atomic E-state index is 0.00911. The smallest absolute Gasteiger partial charge is 0.258 e. The van der Waals surface area contributed by atoms with Crippen molar-refractivity contribution in [2.75, 3.05) is 18.1 Å². The summed E-state index contributed by atoms with van der Waals surface area (Å²) in [5.74, 6) is 1.16. The Hall–Kier alpha value is -2.47. The largest absolute Gasteiger partial charge is 0.490 e. The number of halogens is 3. The molecular weight excluding hydrogens is 537 g/mol. The molecular formula is C27H24BrCl2NO3. The normalized spacial score (nSPS) is 14.0. The van der Waals surface area contributed by atoms with E-state index in [0.717, 1.165) is 33.3 Å². The van der Waals surface area contributed by atoms with Gasteiger partial charge in [-0.1, -0.05) is 54.4 Å². The number of amides is 1. The van der Waals surface area contributed by atoms with Crippen LogP contribution in [0.15, 0.2) is 59.1 Å². The minimum Gasteiger partial charge on any atom is -0.490 e. The number of fused-ring (bicyclic) bond motifs is 1. The summed E-state index contributed by atoms with van der Waals surface area (Å²) in [5.41, 5.74) is 4.21. The Bertz CT molecular complexity index is 1260. The molecule has 1 aliphatic heterocycles. The summed E-state index contributed by atoms with van der Waals surface area (Å²) >= 11 is 15.9. The van der Waals surface area contributed by atoms with Crippen molar-refractivity contribution < 1.29 is 14.3 Å². The summed E-state index contributed by atoms with van der Waals surface area (Å²) in [6.07, 6.45) is 2.79. The van der Waals surface area contributed by atoms with E-state index < -0.39 is 0 Å². The highest BCUT2D eigenvalue weighted by Gasteiger charge is 2.31. The molecule has 176 valence electrons. The second-order valence-corrected chi connectivity index (χ2v) is 9.52. The minimum atomic E-state index is 0.00911. The molecule has 0 aliphatic carbocycles. The Kier molecular flexibility index (Phi) is 7.87. The molecule has 0 saturated heterocycles. The zero-order chi connectivity index (χ0) is 24.2. The fraction of sp³-hybridized carbons (Fsp3) is 0.222. The molecule has 1 amide bonds. The molecule has 4 nitrogen and oxygen atoms in total. The van der Waals surface area contributed by atoms with Gasteiger partial charge in [-0.25, -0.2) is 0 Å². The predicted octanol–water partition coefficient (Wildman–Crippen LogP) is 8.03. The van der Waals surface area contributed by atoms with E-state index in [-0.39, 0.29) is 12.5 Å². The van der Waals surface area contributed by atoms with Gasteiger partial charge in [0.15, 0.2) is 11.5 Å². The van der Waals surface area contributed by atoms with Crippen LogP contribution in [0, 0.1) is 0 Å². The average Bonchev–Trinajstić information content (AvgIpc) is 3.06. The van der Waals surface area contributed by atoms with E-state index in [1.165, 1.54) is 0 Å². The van der Waals surface area contributed by atoms with Crippen molar-refractivity contribution in [2.24, 2.45) is 0 Å². The molecule has 0 fully saturated rings. The topological polar surface area (TPSA) is 38.8 Å². The summed E-state index contributed by atoms with van der Waals surface area (Å²) < 4.78 is 12.7. The Morgan fingerprint density at radius 2 is 1.82 bits per heavy atom. The first-order valence-electron chi connectivity index (χ1n) is 11.1. The zero-order valence-electron chi connectivity index (χ0n) is 18.9. The summed E-state index contributed by atoms with van der Waals surface area (Å²) in [6, 6.07) is 17.0. The van der Waals surface area contributed by atoms with Gasteiger partial charge in [0.2, 0.25) is 0 Å². The van der Waals surface area contributed by atoms with Gasteiger partial charge in [-0.2, -0.15) is 0 Å². The number of rotatable bonds is 8. The first kappa shape index (κ1) is 24.6. The quantitative estimate of drug-likeness (QED) is 0.262. The zero-order valence-corrected chi connectivity index (χ0v) is 22.0. The molecule has 1 aliphatic rings. The van der Waals surface area contributed by atoms with E-state index in [1.54, 1.807) is 12.1 Å². The van der Waals surface area contributed by atoms with Crippen LogP contribution in [0.4, 0.5) is 5.69 Å². The fourth-order valence-electron chi connectivity index (χ4n) is 3.92. The lowest BCUT2D eigenvalue weighted by Gasteiger charge is -2.16. The fourth-order valence-corrected chi connectivity index (χ4v) is 4.96. The van der Waals surface area contributed by atoms with Gasteiger partial charge in [-0.3, -0.25) is 4.79 Å². The van der Waals surface area contributed by atoms with E-state index >= 15 is 0 Å². The van der Waals surface area contributed by atoms with Gasteiger partial charge < -0.3 is 14.4 Å². The first-order chi connectivity index (χ1) is 16.4. The van der Waals surface area contributed by atoms with Crippen molar-refractivity contribution >= 4 is 62.4 Å². The molecule has 0 unspecified atom stereocenters. The number of hydrogen-bond donors (Lipinski definition) is 0. The molecule has 0 radical (unpaired) electrons. The summed E-state index contributed by atoms with van der Waals surface area (Å²) in [5, 5.41) is 1.11. The van der Waals surface area contributed by atoms with Crippen molar-refractivity contribution in [3.63, 3.8) is 0 Å². The van der Waals surface area contributed by atoms with Gasteiger partial charge in [-0.15, -0.1) is 0 Å². The Balaban J connectivity index is 1.67. The SMILES string of the molecule is CCCN1C(=O)/C(=C\c2cc(Br)c(OCc3ccc(Cl)cc3Cl)c(OCC)c2)c2ccccc21. The van der Waals surface area contributed by atoms with Crippen molar-refractivity contribution in [3.05, 3.63) is 85.8 Å². The number of nitrogens with zero attached hydrogens (tertiary/aromatic N) is 1. The molecule has 0 N–H and O–H groups in total. The van der Waals surface area contributed by atoms with Crippen LogP contribution in [0.1, 0.15) is 37.0 Å². The van der Waals surface area contributed by atoms with E-state index in [2.05, 4.69) is 22.9 Å². The molecule has 0 saturated carbocycles. The van der Waals surface area contributed by atoms with Crippen LogP contribution in [-0.2, 0) is 11.4 Å². The van der Waals surface area contributed by atoms with Crippen LogP contribution in [0.5, 0.6) is 11.5 Å². The number of carbonyl (C=O) groups excluding carboxylic acids is 1. The third-order valence-electron chi connectivity index (χ3n) is 5.44. The second-order valence-electron chi connectivity index (χ2n) is 7.82. The van der Waals surface area contributed by atoms with Crippen molar-refractivity contribution in [1.82, 2.24) is 0 Å². The summed E-state index contributed by atoms with van der Waals surface area (Å²) in [6.45, 7) is 5.39. The molecule has 0 spiro atoms. The highest BCUT2D eigenvalue weighted by atomic mass is 79.9. The number of benzene rings is 3. The lowest BCUT2D eigenvalue weighted by molar-refractivity contribution is -0.113. The third-order valence-corrected chi connectivity index (χ3v) is 6.61. The standard InChI is InChI=1S/C27H24BrCl2NO3/c1-3-11-31-24-8-6-5-7-20(24)21(27(31)32)12-17-13-22(28)26(25(14-17)33-4-2)34-16-18-9-10-19(29)15-23(18)30/h5-10,12-15H,3-4,11,16H2,1-2H3/b21-12-. The number of ether oxygens (including phenoxy) is 2. The molecule has 3 aromatic rings. The molecule has 34 heavy (non-hydrogen) atoms. The molecule has 3 aromatic carbocycles. The molecule has 0 bridgehead atoms. The molecule has 1 heterocycles. The number of carbonyl (C=O) groups is 1. The Morgan fingerprint density at radius 3 is 2.56 bits per heavy atom. The molecule has 0 aromatic heterocycles. The third kappa shape index (κ3) is 5.12. The lowest BCUT2D eigenvalue weighted by atomic mass is 10.0. The Labute approximate surface area is 218 Å². The number of hydrogen-bond acceptors (Lipinski definition) is 3. The monoisotopic (exact) mass is 559 g/mol. The van der Waals surface area contributed by atoms with Gasteiger partial charge in [0, 0.05) is 33.3 Å². The van der Waals surface area contributed by atoms with Crippen molar-refractivity contribution in [2.45, 2.75) is 26.9 Å². The van der Waals surface area contributed by atoms with Gasteiger partial charge in [-0.05, 0) is 71.2 Å². The number of anilines is 1. The predicted molar refractivity (Wildman–Crippen MR) is 143 cm³/mol. The van der Waals surface area contributed by atoms with Gasteiger partial charge >= 0.3 is 0 Å². The van der Waals surface area contributed by atoms with Crippen LogP contribution in [0.3, 0.4) is 0 Å². The van der Waals surface area contributed by atoms with E-state index in [1.807, 2.05) is 60.4 Å². The molecule has 4 rings (SSSR count). The van der Waals surface area contributed by atoms with E-state index in [0.29, 0.717) is 40.3 Å². The first-order valence-corrected chi connectivity index (χ1v) is 12.6. The highest BCUT2D eigenvalue weighted by Crippen LogP contribution is 2.41. The summed E-state index contributed by atoms with van der Waals surface area (Å²) in [7, 11) is 0. The maximum absolute atomic E-state index is 13.2. The molecule has 7 heteroatoms. The van der Waals surface area contributed by atoms with Crippen LogP contribution < -0.4 is 14.4 Å². The van der Waals surface area contributed by atoms with Crippen LogP contribution in [0.2, 0.25) is 10.0 Å². The highest BCUT2D eigenvalue weighted by molar-refractivity contribution is 9.10. The average molecular weight is 561 g/mol. The van der Waals surface area contributed by atoms with E-state index in [9.17, 15) is 4.79 Å². The van der Waals surface area contributed by atoms with Crippen molar-refractivity contribution in [1.29, 1.82) is 0 Å². The number of para-hydroxylation sites is 1. The second kappa shape index (κ2) is 10.9. The van der Waals surface area contributed by atoms with Crippen LogP contribution in [0.25, 0.3) is 11.6 Å². The molecule has 0 atom stereocenters. The van der Waals surface area contributed by atoms with Crippen molar-refractivity contribution in [3.8, 4) is 11.5 Å². The maximum atomic E-state index is 13.2. The van der Waals surface area contributed by atoms with Crippen LogP contribution in [-0.4, -0.2) is 19.1 Å². The van der Waals surface area contributed by atoms with Gasteiger partial charge in [0.1, 0.15) is 6.61 Å². The lowest BCUT2D eigenvalue weighted by Crippen LogP contribution is -2.26.